The van der Waals surface area contributed by atoms with Crippen LogP contribution in [-0.4, -0.2) is 37.7 Å². The zero-order valence-electron chi connectivity index (χ0n) is 9.06. The Labute approximate surface area is 85.4 Å². The molecule has 14 heavy (non-hydrogen) atoms. The van der Waals surface area contributed by atoms with Crippen LogP contribution in [-0.2, 0) is 9.53 Å². The molecule has 0 aromatic carbocycles. The van der Waals surface area contributed by atoms with E-state index in [0.29, 0.717) is 13.2 Å². The Morgan fingerprint density at radius 3 is 2.93 bits per heavy atom. The van der Waals surface area contributed by atoms with E-state index in [1.165, 1.54) is 0 Å². The molecule has 82 valence electrons. The summed E-state index contributed by atoms with van der Waals surface area (Å²) in [6.07, 6.45) is 1.96. The van der Waals surface area contributed by atoms with Crippen LogP contribution in [0.1, 0.15) is 26.7 Å². The second-order valence-corrected chi connectivity index (χ2v) is 4.09. The Bertz CT molecular complexity index is 189. The molecular formula is C10H20N2O2. The molecular weight excluding hydrogens is 180 g/mol. The van der Waals surface area contributed by atoms with Crippen molar-refractivity contribution in [3.8, 4) is 0 Å². The van der Waals surface area contributed by atoms with Crippen molar-refractivity contribution in [3.63, 3.8) is 0 Å². The highest BCUT2D eigenvalue weighted by Gasteiger charge is 2.30. The molecule has 0 bridgehead atoms. The minimum Gasteiger partial charge on any atom is -0.379 e. The molecule has 2 N–H and O–H groups in total. The van der Waals surface area contributed by atoms with Crippen molar-refractivity contribution in [1.29, 1.82) is 0 Å². The van der Waals surface area contributed by atoms with Gasteiger partial charge in [0.2, 0.25) is 5.91 Å². The van der Waals surface area contributed by atoms with Gasteiger partial charge in [-0.05, 0) is 26.3 Å². The van der Waals surface area contributed by atoms with Crippen LogP contribution in [0, 0.1) is 0 Å². The van der Waals surface area contributed by atoms with Crippen LogP contribution < -0.4 is 10.6 Å². The normalized spacial score (nSPS) is 26.4. The van der Waals surface area contributed by atoms with E-state index >= 15 is 0 Å². The highest BCUT2D eigenvalue weighted by Crippen LogP contribution is 2.16. The quantitative estimate of drug-likeness (QED) is 0.627. The van der Waals surface area contributed by atoms with E-state index in [4.69, 9.17) is 4.74 Å². The van der Waals surface area contributed by atoms with E-state index in [1.807, 2.05) is 6.92 Å². The summed E-state index contributed by atoms with van der Waals surface area (Å²) >= 11 is 0. The molecule has 0 spiro atoms. The number of rotatable bonds is 5. The first-order valence-corrected chi connectivity index (χ1v) is 5.26. The zero-order chi connectivity index (χ0) is 10.4. The molecule has 1 aliphatic heterocycles. The first-order chi connectivity index (χ1) is 6.66. The lowest BCUT2D eigenvalue weighted by Gasteiger charge is -2.23. The number of carbonyl (C=O) groups is 1. The van der Waals surface area contributed by atoms with Gasteiger partial charge in [0.25, 0.3) is 0 Å². The van der Waals surface area contributed by atoms with Crippen molar-refractivity contribution < 1.29 is 9.53 Å². The molecule has 0 aliphatic carbocycles. The lowest BCUT2D eigenvalue weighted by atomic mass is 10.0. The minimum absolute atomic E-state index is 0.0615. The van der Waals surface area contributed by atoms with Gasteiger partial charge in [-0.1, -0.05) is 6.92 Å². The van der Waals surface area contributed by atoms with Gasteiger partial charge in [0.15, 0.2) is 0 Å². The van der Waals surface area contributed by atoms with E-state index in [-0.39, 0.29) is 11.4 Å². The average molecular weight is 200 g/mol. The molecule has 1 unspecified atom stereocenters. The summed E-state index contributed by atoms with van der Waals surface area (Å²) in [5.74, 6) is 0.0615. The maximum atomic E-state index is 11.4. The third-order valence-corrected chi connectivity index (χ3v) is 2.37. The van der Waals surface area contributed by atoms with Gasteiger partial charge < -0.3 is 15.4 Å². The Morgan fingerprint density at radius 1 is 1.57 bits per heavy atom. The summed E-state index contributed by atoms with van der Waals surface area (Å²) in [6, 6.07) is 0. The molecule has 1 aliphatic rings. The molecule has 1 atom stereocenters. The van der Waals surface area contributed by atoms with Crippen LogP contribution in [0.3, 0.4) is 0 Å². The van der Waals surface area contributed by atoms with Gasteiger partial charge in [-0.25, -0.2) is 0 Å². The van der Waals surface area contributed by atoms with Gasteiger partial charge in [-0.2, -0.15) is 0 Å². The van der Waals surface area contributed by atoms with Gasteiger partial charge in [-0.15, -0.1) is 0 Å². The lowest BCUT2D eigenvalue weighted by molar-refractivity contribution is -0.122. The molecule has 1 heterocycles. The molecule has 0 aromatic heterocycles. The van der Waals surface area contributed by atoms with Crippen molar-refractivity contribution >= 4 is 5.91 Å². The predicted molar refractivity (Wildman–Crippen MR) is 55.1 cm³/mol. The Morgan fingerprint density at radius 2 is 2.36 bits per heavy atom. The van der Waals surface area contributed by atoms with E-state index in [0.717, 1.165) is 26.0 Å². The summed E-state index contributed by atoms with van der Waals surface area (Å²) in [6.45, 7) is 6.78. The molecule has 1 rings (SSSR count). The molecule has 4 nitrogen and oxygen atoms in total. The molecule has 0 aromatic rings. The first-order valence-electron chi connectivity index (χ1n) is 5.26. The zero-order valence-corrected chi connectivity index (χ0v) is 9.06. The van der Waals surface area contributed by atoms with Crippen molar-refractivity contribution in [2.24, 2.45) is 0 Å². The Balaban J connectivity index is 2.19. The smallest absolute Gasteiger partial charge is 0.234 e. The summed E-state index contributed by atoms with van der Waals surface area (Å²) in [5, 5.41) is 6.06. The number of carbonyl (C=O) groups excluding carboxylic acids is 1. The summed E-state index contributed by atoms with van der Waals surface area (Å²) in [5.41, 5.74) is -0.148. The van der Waals surface area contributed by atoms with E-state index in [2.05, 4.69) is 17.6 Å². The third kappa shape index (κ3) is 3.64. The van der Waals surface area contributed by atoms with Crippen LogP contribution in [0.5, 0.6) is 0 Å². The van der Waals surface area contributed by atoms with Gasteiger partial charge in [-0.3, -0.25) is 4.79 Å². The van der Waals surface area contributed by atoms with Crippen molar-refractivity contribution in [2.75, 3.05) is 26.3 Å². The third-order valence-electron chi connectivity index (χ3n) is 2.37. The monoisotopic (exact) mass is 200 g/mol. The summed E-state index contributed by atoms with van der Waals surface area (Å²) in [4.78, 5) is 11.4. The molecule has 4 heteroatoms. The minimum atomic E-state index is -0.148. The molecule has 1 fully saturated rings. The van der Waals surface area contributed by atoms with Gasteiger partial charge in [0.1, 0.15) is 0 Å². The predicted octanol–water partition coefficient (Wildman–Crippen LogP) is 0.281. The topological polar surface area (TPSA) is 50.4 Å². The van der Waals surface area contributed by atoms with Crippen molar-refractivity contribution in [3.05, 3.63) is 0 Å². The van der Waals surface area contributed by atoms with Crippen molar-refractivity contribution in [1.82, 2.24) is 10.6 Å². The molecule has 0 saturated carbocycles. The van der Waals surface area contributed by atoms with Gasteiger partial charge in [0, 0.05) is 6.61 Å². The molecule has 1 amide bonds. The second kappa shape index (κ2) is 5.32. The van der Waals surface area contributed by atoms with Crippen LogP contribution in [0.4, 0.5) is 0 Å². The van der Waals surface area contributed by atoms with E-state index < -0.39 is 0 Å². The maximum Gasteiger partial charge on any atom is 0.234 e. The molecule has 0 radical (unpaired) electrons. The molecule has 1 saturated heterocycles. The Hall–Kier alpha value is -0.610. The number of hydrogen-bond acceptors (Lipinski definition) is 3. The van der Waals surface area contributed by atoms with Crippen LogP contribution >= 0.6 is 0 Å². The fourth-order valence-corrected chi connectivity index (χ4v) is 1.53. The average Bonchev–Trinajstić information content (AvgIpc) is 2.52. The van der Waals surface area contributed by atoms with E-state index in [1.54, 1.807) is 0 Å². The highest BCUT2D eigenvalue weighted by molar-refractivity contribution is 5.78. The standard InChI is InChI=1S/C10H20N2O2/c1-3-5-11-7-9(13)12-10(2)4-6-14-8-10/h11H,3-8H2,1-2H3,(H,12,13). The first kappa shape index (κ1) is 11.5. The van der Waals surface area contributed by atoms with Gasteiger partial charge >= 0.3 is 0 Å². The second-order valence-electron chi connectivity index (χ2n) is 4.09. The number of amides is 1. The fraction of sp³-hybridized carbons (Fsp3) is 0.900. The number of hydrogen-bond donors (Lipinski definition) is 2. The number of nitrogens with one attached hydrogen (secondary N) is 2. The van der Waals surface area contributed by atoms with Crippen LogP contribution in [0.15, 0.2) is 0 Å². The van der Waals surface area contributed by atoms with Crippen LogP contribution in [0.25, 0.3) is 0 Å². The number of ether oxygens (including phenoxy) is 1. The van der Waals surface area contributed by atoms with Crippen LogP contribution in [0.2, 0.25) is 0 Å². The largest absolute Gasteiger partial charge is 0.379 e. The fourth-order valence-electron chi connectivity index (χ4n) is 1.53. The SMILES string of the molecule is CCCNCC(=O)NC1(C)CCOC1. The lowest BCUT2D eigenvalue weighted by Crippen LogP contribution is -2.49. The summed E-state index contributed by atoms with van der Waals surface area (Å²) < 4.78 is 5.25. The van der Waals surface area contributed by atoms with Crippen molar-refractivity contribution in [2.45, 2.75) is 32.2 Å². The highest BCUT2D eigenvalue weighted by atomic mass is 16.5. The Kier molecular flexibility index (Phi) is 4.35. The van der Waals surface area contributed by atoms with Gasteiger partial charge in [0.05, 0.1) is 18.7 Å². The summed E-state index contributed by atoms with van der Waals surface area (Å²) in [7, 11) is 0. The maximum absolute atomic E-state index is 11.4. The van der Waals surface area contributed by atoms with E-state index in [9.17, 15) is 4.79 Å².